The largest absolute Gasteiger partial charge is 0.344 e. The molecule has 1 saturated heterocycles. The first kappa shape index (κ1) is 14.8. The van der Waals surface area contributed by atoms with Crippen molar-refractivity contribution in [1.82, 2.24) is 0 Å². The van der Waals surface area contributed by atoms with Crippen LogP contribution < -0.4 is 0 Å². The smallest absolute Gasteiger partial charge is 0.164 e. The first-order valence-corrected chi connectivity index (χ1v) is 8.47. The van der Waals surface area contributed by atoms with Gasteiger partial charge in [0.2, 0.25) is 0 Å². The average Bonchev–Trinajstić information content (AvgIpc) is 2.76. The molecule has 0 aromatic heterocycles. The Balaban J connectivity index is 2.07. The summed E-state index contributed by atoms with van der Waals surface area (Å²) >= 11 is 0. The van der Waals surface area contributed by atoms with Gasteiger partial charge in [0.05, 0.1) is 6.10 Å². The second-order valence-corrected chi connectivity index (χ2v) is 8.76. The van der Waals surface area contributed by atoms with Gasteiger partial charge in [0.15, 0.2) is 5.79 Å². The summed E-state index contributed by atoms with van der Waals surface area (Å²) in [6, 6.07) is 0. The first-order valence-electron chi connectivity index (χ1n) is 8.47. The van der Waals surface area contributed by atoms with Crippen molar-refractivity contribution < 1.29 is 9.47 Å². The molecule has 3 fully saturated rings. The minimum Gasteiger partial charge on any atom is -0.344 e. The van der Waals surface area contributed by atoms with Gasteiger partial charge in [0.25, 0.3) is 0 Å². The summed E-state index contributed by atoms with van der Waals surface area (Å²) in [5.41, 5.74) is 0.478. The van der Waals surface area contributed by atoms with E-state index in [1.807, 2.05) is 0 Å². The number of ether oxygens (including phenoxy) is 2. The number of fused-ring (bicyclic) bond motifs is 2. The highest BCUT2D eigenvalue weighted by Gasteiger charge is 2.69. The zero-order valence-corrected chi connectivity index (χ0v) is 14.4. The van der Waals surface area contributed by atoms with E-state index in [0.717, 1.165) is 11.8 Å². The minimum atomic E-state index is -0.437. The van der Waals surface area contributed by atoms with Crippen LogP contribution in [0.5, 0.6) is 0 Å². The van der Waals surface area contributed by atoms with E-state index in [4.69, 9.17) is 9.47 Å². The van der Waals surface area contributed by atoms with E-state index in [1.165, 1.54) is 25.7 Å². The highest BCUT2D eigenvalue weighted by molar-refractivity contribution is 5.17. The molecule has 0 amide bonds. The van der Waals surface area contributed by atoms with Gasteiger partial charge in [-0.15, -0.1) is 0 Å². The van der Waals surface area contributed by atoms with Crippen molar-refractivity contribution in [2.75, 3.05) is 0 Å². The molecule has 3 aliphatic rings. The van der Waals surface area contributed by atoms with Gasteiger partial charge < -0.3 is 9.47 Å². The van der Waals surface area contributed by atoms with Gasteiger partial charge in [-0.25, -0.2) is 0 Å². The Morgan fingerprint density at radius 3 is 2.30 bits per heavy atom. The van der Waals surface area contributed by atoms with Gasteiger partial charge in [-0.1, -0.05) is 27.7 Å². The maximum absolute atomic E-state index is 6.47. The number of hydrogen-bond acceptors (Lipinski definition) is 2. The molecule has 0 bridgehead atoms. The molecule has 20 heavy (non-hydrogen) atoms. The molecule has 0 radical (unpaired) electrons. The zero-order chi connectivity index (χ0) is 15.0. The van der Waals surface area contributed by atoms with Gasteiger partial charge in [0, 0.05) is 0 Å². The van der Waals surface area contributed by atoms with Crippen LogP contribution in [0.15, 0.2) is 0 Å². The van der Waals surface area contributed by atoms with Crippen molar-refractivity contribution in [3.63, 3.8) is 0 Å². The van der Waals surface area contributed by atoms with Gasteiger partial charge in [-0.2, -0.15) is 0 Å². The topological polar surface area (TPSA) is 18.5 Å². The summed E-state index contributed by atoms with van der Waals surface area (Å²) in [5.74, 6) is 1.13. The van der Waals surface area contributed by atoms with Crippen LogP contribution in [0.25, 0.3) is 0 Å². The van der Waals surface area contributed by atoms with Crippen LogP contribution >= 0.6 is 0 Å². The van der Waals surface area contributed by atoms with E-state index in [1.54, 1.807) is 0 Å². The highest BCUT2D eigenvalue weighted by Crippen LogP contribution is 2.69. The normalized spacial score (nSPS) is 52.6. The van der Waals surface area contributed by atoms with Crippen LogP contribution in [-0.2, 0) is 9.47 Å². The summed E-state index contributed by atoms with van der Waals surface area (Å²) in [7, 11) is 0. The lowest BCUT2D eigenvalue weighted by atomic mass is 9.48. The Hall–Kier alpha value is -0.0800. The van der Waals surface area contributed by atoms with Gasteiger partial charge in [-0.3, -0.25) is 0 Å². The van der Waals surface area contributed by atoms with E-state index >= 15 is 0 Å². The van der Waals surface area contributed by atoms with E-state index < -0.39 is 5.79 Å². The molecule has 1 aliphatic heterocycles. The molecule has 0 aromatic rings. The molecule has 3 rings (SSSR count). The predicted octanol–water partition coefficient (Wildman–Crippen LogP) is 4.77. The van der Waals surface area contributed by atoms with Gasteiger partial charge in [-0.05, 0) is 69.1 Å². The Bertz CT molecular complexity index is 414. The Morgan fingerprint density at radius 2 is 1.70 bits per heavy atom. The fraction of sp³-hybridized carbons (Fsp3) is 1.00. The highest BCUT2D eigenvalue weighted by atomic mass is 16.8. The monoisotopic (exact) mass is 280 g/mol. The van der Waals surface area contributed by atoms with Crippen LogP contribution in [-0.4, -0.2) is 17.5 Å². The summed E-state index contributed by atoms with van der Waals surface area (Å²) < 4.78 is 12.8. The SMILES string of the molecule is CC[C@]12C[C@H]3OC(C)(C)O[C@]3(C)C(C)(C)[C@@H]1CC[C@H]2C. The Labute approximate surface area is 124 Å². The molecule has 0 spiro atoms. The fourth-order valence-electron chi connectivity index (χ4n) is 6.03. The molecule has 0 unspecified atom stereocenters. The van der Waals surface area contributed by atoms with Crippen LogP contribution in [0.2, 0.25) is 0 Å². The maximum Gasteiger partial charge on any atom is 0.164 e. The first-order chi connectivity index (χ1) is 9.09. The van der Waals surface area contributed by atoms with Crippen molar-refractivity contribution in [2.24, 2.45) is 22.7 Å². The molecule has 0 N–H and O–H groups in total. The van der Waals surface area contributed by atoms with Gasteiger partial charge >= 0.3 is 0 Å². The lowest BCUT2D eigenvalue weighted by molar-refractivity contribution is -0.203. The second kappa shape index (κ2) is 4.01. The Morgan fingerprint density at radius 1 is 1.05 bits per heavy atom. The van der Waals surface area contributed by atoms with E-state index in [2.05, 4.69) is 48.5 Å². The third kappa shape index (κ3) is 1.58. The second-order valence-electron chi connectivity index (χ2n) is 8.76. The summed E-state index contributed by atoms with van der Waals surface area (Å²) in [4.78, 5) is 0. The quantitative estimate of drug-likeness (QED) is 0.689. The lowest BCUT2D eigenvalue weighted by Gasteiger charge is -2.59. The average molecular weight is 280 g/mol. The summed E-state index contributed by atoms with van der Waals surface area (Å²) in [6.45, 7) is 16.1. The molecular formula is C18H32O2. The standard InChI is InChI=1S/C18H32O2/c1-8-18-11-14-17(7,20-16(5,6)19-14)15(3,4)13(18)10-9-12(18)2/h12-14H,8-11H2,1-7H3/t12-,13+,14-,17+,18-/m1/s1. The van der Waals surface area contributed by atoms with Crippen molar-refractivity contribution >= 4 is 0 Å². The molecule has 2 saturated carbocycles. The van der Waals surface area contributed by atoms with E-state index in [9.17, 15) is 0 Å². The lowest BCUT2D eigenvalue weighted by Crippen LogP contribution is -2.62. The molecule has 2 nitrogen and oxygen atoms in total. The van der Waals surface area contributed by atoms with Crippen molar-refractivity contribution in [3.8, 4) is 0 Å². The van der Waals surface area contributed by atoms with Crippen LogP contribution in [0, 0.1) is 22.7 Å². The molecule has 116 valence electrons. The third-order valence-corrected chi connectivity index (χ3v) is 7.44. The van der Waals surface area contributed by atoms with E-state index in [0.29, 0.717) is 5.41 Å². The summed E-state index contributed by atoms with van der Waals surface area (Å²) in [5, 5.41) is 0. The zero-order valence-electron chi connectivity index (χ0n) is 14.4. The third-order valence-electron chi connectivity index (χ3n) is 7.44. The molecule has 2 aliphatic carbocycles. The fourth-order valence-corrected chi connectivity index (χ4v) is 6.03. The number of rotatable bonds is 1. The number of hydrogen-bond donors (Lipinski definition) is 0. The van der Waals surface area contributed by atoms with Crippen LogP contribution in [0.4, 0.5) is 0 Å². The molecule has 1 heterocycles. The Kier molecular flexibility index (Phi) is 2.98. The maximum atomic E-state index is 6.47. The van der Waals surface area contributed by atoms with Crippen molar-refractivity contribution in [2.45, 2.75) is 91.6 Å². The molecule has 0 aromatic carbocycles. The van der Waals surface area contributed by atoms with Crippen LogP contribution in [0.3, 0.4) is 0 Å². The minimum absolute atomic E-state index is 0.149. The predicted molar refractivity (Wildman–Crippen MR) is 81.5 cm³/mol. The van der Waals surface area contributed by atoms with Gasteiger partial charge in [0.1, 0.15) is 5.60 Å². The van der Waals surface area contributed by atoms with Crippen molar-refractivity contribution in [3.05, 3.63) is 0 Å². The van der Waals surface area contributed by atoms with E-state index in [-0.39, 0.29) is 17.1 Å². The molecular weight excluding hydrogens is 248 g/mol. The van der Waals surface area contributed by atoms with Crippen molar-refractivity contribution in [1.29, 1.82) is 0 Å². The molecule has 5 atom stereocenters. The summed E-state index contributed by atoms with van der Waals surface area (Å²) in [6.07, 6.45) is 5.42. The molecule has 2 heteroatoms. The van der Waals surface area contributed by atoms with Crippen LogP contribution in [0.1, 0.15) is 74.1 Å².